The molecule has 0 aromatic heterocycles. The number of phosphoric ester groups is 1. The molecule has 0 aliphatic carbocycles. The minimum atomic E-state index is -4.63. The van der Waals surface area contributed by atoms with Gasteiger partial charge in [0.2, 0.25) is 0 Å². The van der Waals surface area contributed by atoms with Crippen LogP contribution in [-0.4, -0.2) is 65.7 Å². The van der Waals surface area contributed by atoms with E-state index in [-0.39, 0.29) is 19.4 Å². The third-order valence-corrected chi connectivity index (χ3v) is 10.1. The molecule has 0 spiro atoms. The molecule has 0 saturated carbocycles. The predicted octanol–water partition coefficient (Wildman–Crippen LogP) is 11.9. The van der Waals surface area contributed by atoms with Crippen LogP contribution in [0, 0.1) is 0 Å². The topological polar surface area (TPSA) is 149 Å². The fraction of sp³-hybridized carbons (Fsp3) is 0.739. The molecule has 0 saturated heterocycles. The number of hydrogen-bond donors (Lipinski definition) is 3. The van der Waals surface area contributed by atoms with Gasteiger partial charge in [0.15, 0.2) is 6.10 Å². The Kier molecular flexibility index (Phi) is 40.1. The number of carbonyl (C=O) groups is 2. The molecule has 0 rings (SSSR count). The summed E-state index contributed by atoms with van der Waals surface area (Å²) >= 11 is 0. The van der Waals surface area contributed by atoms with Gasteiger partial charge in [0.05, 0.1) is 19.8 Å². The molecule has 3 N–H and O–H groups in total. The molecule has 57 heavy (non-hydrogen) atoms. The van der Waals surface area contributed by atoms with Gasteiger partial charge in [-0.15, -0.1) is 0 Å². The van der Waals surface area contributed by atoms with Crippen molar-refractivity contribution in [2.24, 2.45) is 0 Å². The first-order valence-corrected chi connectivity index (χ1v) is 23.7. The molecule has 3 atom stereocenters. The Morgan fingerprint density at radius 2 is 0.930 bits per heavy atom. The van der Waals surface area contributed by atoms with Gasteiger partial charge in [0.25, 0.3) is 0 Å². The van der Waals surface area contributed by atoms with E-state index in [2.05, 4.69) is 79.1 Å². The second-order valence-electron chi connectivity index (χ2n) is 14.7. The van der Waals surface area contributed by atoms with Crippen LogP contribution >= 0.6 is 7.82 Å². The molecular weight excluding hydrogens is 743 g/mol. The minimum absolute atomic E-state index is 0.144. The Morgan fingerprint density at radius 3 is 1.46 bits per heavy atom. The Bertz CT molecular complexity index is 1130. The Hall–Kier alpha value is -2.33. The molecule has 0 amide bonds. The third kappa shape index (κ3) is 41.6. The average molecular weight is 825 g/mol. The van der Waals surface area contributed by atoms with E-state index in [0.29, 0.717) is 12.8 Å². The van der Waals surface area contributed by atoms with E-state index in [1.807, 2.05) is 0 Å². The number of hydrogen-bond acceptors (Lipinski definition) is 9. The van der Waals surface area contributed by atoms with E-state index in [9.17, 15) is 24.2 Å². The second kappa shape index (κ2) is 41.8. The van der Waals surface area contributed by atoms with E-state index in [4.69, 9.17) is 19.1 Å². The largest absolute Gasteiger partial charge is 0.472 e. The molecule has 0 heterocycles. The number of unbranched alkanes of at least 4 members (excludes halogenated alkanes) is 17. The van der Waals surface area contributed by atoms with Crippen molar-refractivity contribution < 1.29 is 47.8 Å². The molecule has 0 aromatic rings. The zero-order valence-corrected chi connectivity index (χ0v) is 36.7. The maximum atomic E-state index is 12.6. The highest BCUT2D eigenvalue weighted by atomic mass is 31.2. The number of ether oxygens (including phenoxy) is 2. The summed E-state index contributed by atoms with van der Waals surface area (Å²) in [6.45, 7) is 2.28. The first-order valence-electron chi connectivity index (χ1n) is 22.2. The lowest BCUT2D eigenvalue weighted by Gasteiger charge is -2.20. The lowest BCUT2D eigenvalue weighted by molar-refractivity contribution is -0.161. The highest BCUT2D eigenvalue weighted by Gasteiger charge is 2.27. The van der Waals surface area contributed by atoms with E-state index in [1.165, 1.54) is 83.5 Å². The number of carbonyl (C=O) groups excluding carboxylic acids is 2. The van der Waals surface area contributed by atoms with E-state index in [1.54, 1.807) is 0 Å². The predicted molar refractivity (Wildman–Crippen MR) is 233 cm³/mol. The van der Waals surface area contributed by atoms with E-state index in [0.717, 1.165) is 57.8 Å². The number of allylic oxidation sites excluding steroid dienone is 10. The van der Waals surface area contributed by atoms with Crippen molar-refractivity contribution >= 4 is 19.8 Å². The minimum Gasteiger partial charge on any atom is -0.462 e. The second-order valence-corrected chi connectivity index (χ2v) is 16.2. The molecule has 0 bridgehead atoms. The number of esters is 2. The van der Waals surface area contributed by atoms with Crippen LogP contribution in [0.3, 0.4) is 0 Å². The van der Waals surface area contributed by atoms with Crippen LogP contribution in [0.5, 0.6) is 0 Å². The van der Waals surface area contributed by atoms with Crippen molar-refractivity contribution in [2.45, 2.75) is 193 Å². The molecule has 0 radical (unpaired) electrons. The normalized spacial score (nSPS) is 14.4. The first-order chi connectivity index (χ1) is 27.7. The monoisotopic (exact) mass is 825 g/mol. The summed E-state index contributed by atoms with van der Waals surface area (Å²) in [6, 6.07) is 0. The van der Waals surface area contributed by atoms with Crippen molar-refractivity contribution in [2.75, 3.05) is 26.4 Å². The van der Waals surface area contributed by atoms with Gasteiger partial charge in [-0.1, -0.05) is 152 Å². The SMILES string of the molecule is CCCC/C=C/CCCCCCCCCCCC(=O)OC[C@H](COP(=O)(O)OC[C@@H](O)CO)OC(=O)CCCCC/C=C/C/C=C/C/C=C/C/C=C/CCCCC. The fourth-order valence-corrected chi connectivity index (χ4v) is 6.45. The van der Waals surface area contributed by atoms with Gasteiger partial charge in [-0.2, -0.15) is 0 Å². The van der Waals surface area contributed by atoms with Crippen LogP contribution < -0.4 is 0 Å². The molecule has 0 aliphatic rings. The quantitative estimate of drug-likeness (QED) is 0.0235. The molecule has 1 unspecified atom stereocenters. The van der Waals surface area contributed by atoms with Crippen LogP contribution in [0.15, 0.2) is 60.8 Å². The van der Waals surface area contributed by atoms with Gasteiger partial charge in [0.1, 0.15) is 12.7 Å². The van der Waals surface area contributed by atoms with Gasteiger partial charge in [-0.3, -0.25) is 18.6 Å². The Labute approximate surface area is 346 Å². The number of phosphoric acid groups is 1. The summed E-state index contributed by atoms with van der Waals surface area (Å²) in [5, 5.41) is 18.3. The molecular formula is C46H81O10P. The molecule has 0 aromatic carbocycles. The van der Waals surface area contributed by atoms with Gasteiger partial charge >= 0.3 is 19.8 Å². The molecule has 330 valence electrons. The van der Waals surface area contributed by atoms with Crippen LogP contribution in [0.25, 0.3) is 0 Å². The van der Waals surface area contributed by atoms with Crippen LogP contribution in [0.4, 0.5) is 0 Å². The maximum absolute atomic E-state index is 12.6. The lowest BCUT2D eigenvalue weighted by atomic mass is 10.1. The van der Waals surface area contributed by atoms with Gasteiger partial charge in [-0.25, -0.2) is 4.57 Å². The van der Waals surface area contributed by atoms with Crippen molar-refractivity contribution in [1.29, 1.82) is 0 Å². The Balaban J connectivity index is 4.36. The summed E-state index contributed by atoms with van der Waals surface area (Å²) in [4.78, 5) is 35.0. The first kappa shape index (κ1) is 54.7. The zero-order chi connectivity index (χ0) is 41.9. The van der Waals surface area contributed by atoms with E-state index >= 15 is 0 Å². The molecule has 11 heteroatoms. The average Bonchev–Trinajstić information content (AvgIpc) is 3.20. The summed E-state index contributed by atoms with van der Waals surface area (Å²) in [6.07, 6.45) is 46.1. The number of aliphatic hydroxyl groups is 2. The van der Waals surface area contributed by atoms with E-state index < -0.39 is 51.8 Å². The van der Waals surface area contributed by atoms with Crippen LogP contribution in [0.1, 0.15) is 181 Å². The fourth-order valence-electron chi connectivity index (χ4n) is 5.66. The van der Waals surface area contributed by atoms with Crippen molar-refractivity contribution in [3.05, 3.63) is 60.8 Å². The zero-order valence-electron chi connectivity index (χ0n) is 35.8. The highest BCUT2D eigenvalue weighted by molar-refractivity contribution is 7.47. The maximum Gasteiger partial charge on any atom is 0.472 e. The summed E-state index contributed by atoms with van der Waals surface area (Å²) in [5.74, 6) is -0.966. The summed E-state index contributed by atoms with van der Waals surface area (Å²) in [7, 11) is -4.63. The number of rotatable bonds is 41. The summed E-state index contributed by atoms with van der Waals surface area (Å²) in [5.41, 5.74) is 0. The number of aliphatic hydroxyl groups excluding tert-OH is 2. The van der Waals surface area contributed by atoms with Gasteiger partial charge < -0.3 is 24.6 Å². The van der Waals surface area contributed by atoms with Gasteiger partial charge in [0, 0.05) is 12.8 Å². The van der Waals surface area contributed by atoms with Crippen molar-refractivity contribution in [3.8, 4) is 0 Å². The van der Waals surface area contributed by atoms with Crippen LogP contribution in [-0.2, 0) is 32.7 Å². The van der Waals surface area contributed by atoms with Gasteiger partial charge in [-0.05, 0) is 77.0 Å². The standard InChI is InChI=1S/C46H81O10P/c1-3-5-7-9-11-13-15-17-19-20-21-22-24-26-28-30-32-34-36-38-46(50)56-44(42-55-57(51,52)54-40-43(48)39-47)41-53-45(49)37-35-33-31-29-27-25-23-18-16-14-12-10-8-6-4-2/h10-13,17,19,21-22,26,28,43-44,47-48H,3-9,14-16,18,20,23-25,27,29-42H2,1-2H3,(H,51,52)/b12-10+,13-11+,19-17+,22-21+,28-26+/t43-,44+/m0/s1. The summed E-state index contributed by atoms with van der Waals surface area (Å²) < 4.78 is 32.7. The molecule has 0 aliphatic heterocycles. The van der Waals surface area contributed by atoms with Crippen LogP contribution in [0.2, 0.25) is 0 Å². The lowest BCUT2D eigenvalue weighted by Crippen LogP contribution is -2.29. The molecule has 10 nitrogen and oxygen atoms in total. The smallest absolute Gasteiger partial charge is 0.462 e. The highest BCUT2D eigenvalue weighted by Crippen LogP contribution is 2.43. The Morgan fingerprint density at radius 1 is 0.526 bits per heavy atom. The van der Waals surface area contributed by atoms with Crippen molar-refractivity contribution in [3.63, 3.8) is 0 Å². The van der Waals surface area contributed by atoms with Crippen molar-refractivity contribution in [1.82, 2.24) is 0 Å². The molecule has 0 fully saturated rings. The third-order valence-electron chi connectivity index (χ3n) is 9.14.